The summed E-state index contributed by atoms with van der Waals surface area (Å²) in [6, 6.07) is 6.11. The second kappa shape index (κ2) is 6.95. The van der Waals surface area contributed by atoms with Gasteiger partial charge in [0, 0.05) is 31.9 Å². The molecule has 0 aliphatic heterocycles. The zero-order valence-corrected chi connectivity index (χ0v) is 15.9. The number of nitrogens with zero attached hydrogens (tertiary/aromatic N) is 1. The number of carbonyl (C=O) groups excluding carboxylic acids is 1. The summed E-state index contributed by atoms with van der Waals surface area (Å²) in [4.78, 5) is 22.7. The predicted octanol–water partition coefficient (Wildman–Crippen LogP) is 4.28. The van der Waals surface area contributed by atoms with Gasteiger partial charge in [0.1, 0.15) is 11.6 Å². The monoisotopic (exact) mass is 436 g/mol. The molecule has 1 aromatic rings. The van der Waals surface area contributed by atoms with Gasteiger partial charge in [-0.05, 0) is 33.3 Å². The molecular weight excluding hydrogens is 420 g/mol. The Hall–Kier alpha value is -1.15. The number of benzene rings is 1. The molecule has 1 amide bonds. The van der Waals surface area contributed by atoms with Crippen molar-refractivity contribution >= 4 is 38.0 Å². The molecule has 0 heterocycles. The lowest BCUT2D eigenvalue weighted by Crippen LogP contribution is -2.44. The van der Waals surface area contributed by atoms with Gasteiger partial charge in [0.2, 0.25) is 0 Å². The topological polar surface area (TPSA) is 81.5 Å². The van der Waals surface area contributed by atoms with Gasteiger partial charge >= 0.3 is 9.45 Å². The Balaban J connectivity index is 3.10. The number of amides is 1. The lowest BCUT2D eigenvalue weighted by molar-refractivity contribution is -0.509. The van der Waals surface area contributed by atoms with Crippen molar-refractivity contribution in [2.45, 2.75) is 42.7 Å². The average Bonchev–Trinajstić information content (AvgIpc) is 2.34. The maximum absolute atomic E-state index is 12.0. The minimum absolute atomic E-state index is 0.561. The van der Waals surface area contributed by atoms with Gasteiger partial charge in [0.05, 0.1) is 4.92 Å². The van der Waals surface area contributed by atoms with E-state index in [-0.39, 0.29) is 0 Å². The molecule has 0 fully saturated rings. The first kappa shape index (κ1) is 18.9. The number of nitro groups is 1. The summed E-state index contributed by atoms with van der Waals surface area (Å²) in [5.41, 5.74) is 0.884. The van der Waals surface area contributed by atoms with E-state index in [0.717, 1.165) is 5.56 Å². The number of halogens is 2. The number of rotatable bonds is 4. The molecule has 122 valence electrons. The van der Waals surface area contributed by atoms with Crippen LogP contribution in [-0.4, -0.2) is 20.0 Å². The minimum Gasteiger partial charge on any atom is -0.444 e. The van der Waals surface area contributed by atoms with Gasteiger partial charge in [-0.2, -0.15) is 0 Å². The molecule has 0 aromatic heterocycles. The van der Waals surface area contributed by atoms with Crippen molar-refractivity contribution in [2.24, 2.45) is 0 Å². The predicted molar refractivity (Wildman–Crippen MR) is 90.9 cm³/mol. The van der Waals surface area contributed by atoms with E-state index >= 15 is 0 Å². The molecule has 0 bridgehead atoms. The number of alkyl halides is 2. The van der Waals surface area contributed by atoms with Crippen LogP contribution in [0.3, 0.4) is 0 Å². The Morgan fingerprint density at radius 2 is 1.77 bits per heavy atom. The third-order valence-electron chi connectivity index (χ3n) is 2.66. The van der Waals surface area contributed by atoms with E-state index in [1.807, 2.05) is 19.1 Å². The summed E-state index contributed by atoms with van der Waals surface area (Å²) in [5, 5.41) is 13.8. The van der Waals surface area contributed by atoms with Crippen LogP contribution in [0.1, 0.15) is 37.9 Å². The Bertz CT molecular complexity index is 553. The molecule has 8 heteroatoms. The number of aryl methyl sites for hydroxylation is 1. The van der Waals surface area contributed by atoms with E-state index in [4.69, 9.17) is 4.74 Å². The molecule has 0 radical (unpaired) electrons. The molecule has 1 atom stereocenters. The molecule has 1 unspecified atom stereocenters. The Kier molecular flexibility index (Phi) is 5.97. The lowest BCUT2D eigenvalue weighted by atomic mass is 10.1. The smallest absolute Gasteiger partial charge is 0.408 e. The quantitative estimate of drug-likeness (QED) is 0.330. The number of carbonyl (C=O) groups is 1. The van der Waals surface area contributed by atoms with Crippen molar-refractivity contribution in [2.75, 3.05) is 0 Å². The van der Waals surface area contributed by atoms with E-state index < -0.39 is 26.0 Å². The molecular formula is C14H18Br2N2O4. The fraction of sp³-hybridized carbons (Fsp3) is 0.500. The second-order valence-electron chi connectivity index (χ2n) is 5.83. The number of ether oxygens (including phenoxy) is 1. The largest absolute Gasteiger partial charge is 0.444 e. The number of hydrogen-bond donors (Lipinski definition) is 1. The molecule has 0 aliphatic carbocycles. The van der Waals surface area contributed by atoms with Crippen LogP contribution in [0.25, 0.3) is 0 Å². The molecule has 0 saturated heterocycles. The normalized spacial score (nSPS) is 13.4. The second-order valence-corrected chi connectivity index (χ2v) is 9.32. The summed E-state index contributed by atoms with van der Waals surface area (Å²) in [6.45, 7) is 7.06. The van der Waals surface area contributed by atoms with Gasteiger partial charge in [-0.1, -0.05) is 29.8 Å². The van der Waals surface area contributed by atoms with Crippen molar-refractivity contribution in [3.05, 3.63) is 45.5 Å². The van der Waals surface area contributed by atoms with Crippen molar-refractivity contribution in [3.8, 4) is 0 Å². The molecule has 0 aliphatic rings. The highest BCUT2D eigenvalue weighted by Crippen LogP contribution is 2.40. The fourth-order valence-electron chi connectivity index (χ4n) is 1.66. The van der Waals surface area contributed by atoms with E-state index in [1.165, 1.54) is 0 Å². The molecule has 6 nitrogen and oxygen atoms in total. The third-order valence-corrected chi connectivity index (χ3v) is 4.16. The molecule has 0 spiro atoms. The summed E-state index contributed by atoms with van der Waals surface area (Å²) in [6.07, 6.45) is -0.733. The van der Waals surface area contributed by atoms with Gasteiger partial charge in [-0.3, -0.25) is 10.1 Å². The Labute approximate surface area is 146 Å². The van der Waals surface area contributed by atoms with Crippen molar-refractivity contribution < 1.29 is 14.5 Å². The number of hydrogen-bond acceptors (Lipinski definition) is 4. The van der Waals surface area contributed by atoms with Crippen molar-refractivity contribution in [1.29, 1.82) is 0 Å². The maximum Gasteiger partial charge on any atom is 0.408 e. The van der Waals surface area contributed by atoms with Gasteiger partial charge in [0.15, 0.2) is 0 Å². The number of alkyl carbamates (subject to hydrolysis) is 1. The van der Waals surface area contributed by atoms with Gasteiger partial charge < -0.3 is 10.1 Å². The van der Waals surface area contributed by atoms with Crippen LogP contribution in [0, 0.1) is 17.0 Å². The zero-order chi connectivity index (χ0) is 17.1. The molecule has 1 N–H and O–H groups in total. The maximum atomic E-state index is 12.0. The highest BCUT2D eigenvalue weighted by Gasteiger charge is 2.48. The highest BCUT2D eigenvalue weighted by atomic mass is 79.9. The van der Waals surface area contributed by atoms with Gasteiger partial charge in [-0.15, -0.1) is 0 Å². The van der Waals surface area contributed by atoms with Gasteiger partial charge in [0.25, 0.3) is 0 Å². The number of nitrogens with one attached hydrogen (secondary N) is 1. The van der Waals surface area contributed by atoms with Crippen LogP contribution in [0.4, 0.5) is 4.79 Å². The Morgan fingerprint density at radius 1 is 1.27 bits per heavy atom. The first-order valence-electron chi connectivity index (χ1n) is 6.52. The van der Waals surface area contributed by atoms with Crippen molar-refractivity contribution in [1.82, 2.24) is 5.32 Å². The Morgan fingerprint density at radius 3 is 2.18 bits per heavy atom. The summed E-state index contributed by atoms with van der Waals surface area (Å²) in [7, 11) is 0. The van der Waals surface area contributed by atoms with Crippen LogP contribution in [0.2, 0.25) is 0 Å². The van der Waals surface area contributed by atoms with Crippen molar-refractivity contribution in [3.63, 3.8) is 0 Å². The summed E-state index contributed by atoms with van der Waals surface area (Å²) < 4.78 is 3.43. The highest BCUT2D eigenvalue weighted by molar-refractivity contribution is 9.25. The SMILES string of the molecule is Cc1ccc(C(NC(=O)OC(C)(C)C)C(Br)(Br)[N+](=O)[O-])cc1. The van der Waals surface area contributed by atoms with Crippen LogP contribution in [0.5, 0.6) is 0 Å². The molecule has 1 aromatic carbocycles. The average molecular weight is 438 g/mol. The molecule has 22 heavy (non-hydrogen) atoms. The van der Waals surface area contributed by atoms with E-state index in [0.29, 0.717) is 5.56 Å². The first-order valence-corrected chi connectivity index (χ1v) is 8.10. The summed E-state index contributed by atoms with van der Waals surface area (Å²) >= 11 is 6.05. The zero-order valence-electron chi connectivity index (χ0n) is 12.7. The van der Waals surface area contributed by atoms with Crippen LogP contribution >= 0.6 is 31.9 Å². The molecule has 0 saturated carbocycles. The van der Waals surface area contributed by atoms with Crippen LogP contribution in [0.15, 0.2) is 24.3 Å². The third kappa shape index (κ3) is 5.24. The lowest BCUT2D eigenvalue weighted by Gasteiger charge is -2.27. The van der Waals surface area contributed by atoms with Crippen LogP contribution < -0.4 is 5.32 Å². The van der Waals surface area contributed by atoms with Gasteiger partial charge in [-0.25, -0.2) is 4.79 Å². The molecule has 1 rings (SSSR count). The van der Waals surface area contributed by atoms with E-state index in [1.54, 1.807) is 32.9 Å². The van der Waals surface area contributed by atoms with E-state index in [9.17, 15) is 14.9 Å². The fourth-order valence-corrected chi connectivity index (χ4v) is 2.42. The summed E-state index contributed by atoms with van der Waals surface area (Å²) in [5.74, 6) is 0. The van der Waals surface area contributed by atoms with E-state index in [2.05, 4.69) is 37.2 Å². The first-order chi connectivity index (χ1) is 9.93. The van der Waals surface area contributed by atoms with Crippen LogP contribution in [-0.2, 0) is 4.74 Å². The standard InChI is InChI=1S/C14H18Br2N2O4/c1-9-5-7-10(8-6-9)11(14(15,16)18(20)21)17-12(19)22-13(2,3)4/h5-8,11H,1-4H3,(H,17,19). The minimum atomic E-state index is -1.74.